The van der Waals surface area contributed by atoms with Crippen molar-refractivity contribution in [2.24, 2.45) is 5.41 Å². The third kappa shape index (κ3) is 5.16. The third-order valence-electron chi connectivity index (χ3n) is 7.10. The number of nitrogens with zero attached hydrogens (tertiary/aromatic N) is 5. The SMILES string of the molecule is CC(C)(C)CC(O)Nc1cncc(-c2cc3c(-c4nc5c(N6CCCCC6)nccc5[nH]4)n[nH]c3cc2F)c1. The van der Waals surface area contributed by atoms with Crippen LogP contribution in [0.5, 0.6) is 0 Å². The number of imidazole rings is 1. The molecule has 0 spiro atoms. The molecular formula is C29H33FN8O. The number of H-pyrrole nitrogens is 2. The lowest BCUT2D eigenvalue weighted by atomic mass is 9.91. The Morgan fingerprint density at radius 3 is 2.72 bits per heavy atom. The lowest BCUT2D eigenvalue weighted by molar-refractivity contribution is 0.145. The molecule has 0 radical (unpaired) electrons. The molecule has 1 aromatic carbocycles. The number of hydrogen-bond acceptors (Lipinski definition) is 7. The van der Waals surface area contributed by atoms with Crippen molar-refractivity contribution in [3.8, 4) is 22.6 Å². The van der Waals surface area contributed by atoms with Crippen molar-refractivity contribution in [2.45, 2.75) is 52.7 Å². The van der Waals surface area contributed by atoms with Gasteiger partial charge in [-0.1, -0.05) is 20.8 Å². The number of rotatable bonds is 6. The Balaban J connectivity index is 1.36. The van der Waals surface area contributed by atoms with E-state index < -0.39 is 12.0 Å². The van der Waals surface area contributed by atoms with Gasteiger partial charge < -0.3 is 20.3 Å². The minimum Gasteiger partial charge on any atom is -0.374 e. The maximum Gasteiger partial charge on any atom is 0.159 e. The predicted molar refractivity (Wildman–Crippen MR) is 152 cm³/mol. The van der Waals surface area contributed by atoms with Crippen LogP contribution in [0.2, 0.25) is 0 Å². The second kappa shape index (κ2) is 9.92. The van der Waals surface area contributed by atoms with Crippen LogP contribution in [0.15, 0.2) is 42.9 Å². The van der Waals surface area contributed by atoms with Gasteiger partial charge in [-0.2, -0.15) is 5.10 Å². The number of benzene rings is 1. The number of aliphatic hydroxyl groups is 1. The topological polar surface area (TPSA) is 119 Å². The quantitative estimate of drug-likeness (QED) is 0.204. The molecule has 0 saturated carbocycles. The Morgan fingerprint density at radius 1 is 1.10 bits per heavy atom. The highest BCUT2D eigenvalue weighted by molar-refractivity contribution is 5.97. The first-order valence-corrected chi connectivity index (χ1v) is 13.4. The first-order chi connectivity index (χ1) is 18.7. The molecule has 1 unspecified atom stereocenters. The minimum absolute atomic E-state index is 0.0481. The fourth-order valence-electron chi connectivity index (χ4n) is 5.30. The molecule has 5 aromatic rings. The summed E-state index contributed by atoms with van der Waals surface area (Å²) in [6.07, 6.45) is 8.39. The summed E-state index contributed by atoms with van der Waals surface area (Å²) in [4.78, 5) is 19.5. The van der Waals surface area contributed by atoms with Gasteiger partial charge in [-0.3, -0.25) is 10.1 Å². The predicted octanol–water partition coefficient (Wildman–Crippen LogP) is 5.86. The van der Waals surface area contributed by atoms with E-state index in [2.05, 4.69) is 56.1 Å². The summed E-state index contributed by atoms with van der Waals surface area (Å²) >= 11 is 0. The number of aromatic nitrogens is 6. The summed E-state index contributed by atoms with van der Waals surface area (Å²) in [6.45, 7) is 8.13. The van der Waals surface area contributed by atoms with Gasteiger partial charge in [-0.05, 0) is 49.3 Å². The molecule has 0 amide bonds. The van der Waals surface area contributed by atoms with Crippen LogP contribution >= 0.6 is 0 Å². The van der Waals surface area contributed by atoms with Gasteiger partial charge in [0.1, 0.15) is 23.3 Å². The molecular weight excluding hydrogens is 495 g/mol. The molecule has 4 N–H and O–H groups in total. The molecule has 6 rings (SSSR count). The zero-order valence-electron chi connectivity index (χ0n) is 22.4. The van der Waals surface area contributed by atoms with Crippen LogP contribution in [0.1, 0.15) is 46.5 Å². The van der Waals surface area contributed by atoms with E-state index in [1.807, 2.05) is 6.07 Å². The molecule has 1 aliphatic rings. The summed E-state index contributed by atoms with van der Waals surface area (Å²) in [5, 5.41) is 21.7. The van der Waals surface area contributed by atoms with Crippen LogP contribution in [-0.4, -0.2) is 54.6 Å². The van der Waals surface area contributed by atoms with E-state index in [1.54, 1.807) is 30.7 Å². The Labute approximate surface area is 225 Å². The number of aromatic amines is 2. The molecule has 0 aliphatic carbocycles. The van der Waals surface area contributed by atoms with E-state index in [0.29, 0.717) is 40.3 Å². The molecule has 9 nitrogen and oxygen atoms in total. The lowest BCUT2D eigenvalue weighted by Gasteiger charge is -2.27. The number of aliphatic hydroxyl groups excluding tert-OH is 1. The van der Waals surface area contributed by atoms with Crippen LogP contribution in [0.3, 0.4) is 0 Å². The zero-order valence-corrected chi connectivity index (χ0v) is 22.4. The molecule has 5 heterocycles. The number of hydrogen-bond donors (Lipinski definition) is 4. The van der Waals surface area contributed by atoms with Crippen LogP contribution in [0.4, 0.5) is 15.9 Å². The normalized spacial score (nSPS) is 15.3. The molecule has 39 heavy (non-hydrogen) atoms. The smallest absolute Gasteiger partial charge is 0.159 e. The highest BCUT2D eigenvalue weighted by Gasteiger charge is 2.21. The van der Waals surface area contributed by atoms with Crippen molar-refractivity contribution >= 4 is 33.4 Å². The fourth-order valence-corrected chi connectivity index (χ4v) is 5.30. The standard InChI is InChI=1S/C29H33FN8O/c1-29(2,3)14-24(39)33-18-11-17(15-31-16-18)19-12-20-23(13-21(19)30)36-37-25(20)27-34-22-7-8-32-28(26(22)35-27)38-9-5-4-6-10-38/h7-8,11-13,15-16,24,33,39H,4-6,9-10,14H2,1-3H3,(H,34,35)(H,36,37). The van der Waals surface area contributed by atoms with Crippen molar-refractivity contribution in [3.05, 3.63) is 48.7 Å². The Morgan fingerprint density at radius 2 is 1.92 bits per heavy atom. The minimum atomic E-state index is -0.743. The number of fused-ring (bicyclic) bond motifs is 2. The molecule has 1 atom stereocenters. The molecule has 1 fully saturated rings. The molecule has 202 valence electrons. The Bertz CT molecular complexity index is 1630. The summed E-state index contributed by atoms with van der Waals surface area (Å²) in [5.74, 6) is 1.08. The monoisotopic (exact) mass is 528 g/mol. The maximum absolute atomic E-state index is 15.3. The van der Waals surface area contributed by atoms with Crippen molar-refractivity contribution in [2.75, 3.05) is 23.3 Å². The van der Waals surface area contributed by atoms with Gasteiger partial charge in [0.15, 0.2) is 11.6 Å². The average molecular weight is 529 g/mol. The number of nitrogens with one attached hydrogen (secondary N) is 3. The van der Waals surface area contributed by atoms with Gasteiger partial charge >= 0.3 is 0 Å². The molecule has 10 heteroatoms. The summed E-state index contributed by atoms with van der Waals surface area (Å²) in [6, 6.07) is 6.92. The van der Waals surface area contributed by atoms with E-state index in [1.165, 1.54) is 12.5 Å². The summed E-state index contributed by atoms with van der Waals surface area (Å²) in [5.41, 5.74) is 4.42. The van der Waals surface area contributed by atoms with Crippen LogP contribution < -0.4 is 10.2 Å². The number of halogens is 1. The van der Waals surface area contributed by atoms with E-state index >= 15 is 4.39 Å². The third-order valence-corrected chi connectivity index (χ3v) is 7.10. The number of pyridine rings is 2. The van der Waals surface area contributed by atoms with E-state index in [4.69, 9.17) is 4.98 Å². The van der Waals surface area contributed by atoms with Crippen LogP contribution in [0, 0.1) is 11.2 Å². The van der Waals surface area contributed by atoms with Gasteiger partial charge in [0.2, 0.25) is 0 Å². The highest BCUT2D eigenvalue weighted by atomic mass is 19.1. The largest absolute Gasteiger partial charge is 0.374 e. The van der Waals surface area contributed by atoms with Crippen molar-refractivity contribution in [3.63, 3.8) is 0 Å². The summed E-state index contributed by atoms with van der Waals surface area (Å²) < 4.78 is 15.3. The second-order valence-electron chi connectivity index (χ2n) is 11.5. The van der Waals surface area contributed by atoms with Gasteiger partial charge in [-0.25, -0.2) is 14.4 Å². The van der Waals surface area contributed by atoms with Gasteiger partial charge in [-0.15, -0.1) is 0 Å². The molecule has 1 saturated heterocycles. The summed E-state index contributed by atoms with van der Waals surface area (Å²) in [7, 11) is 0. The second-order valence-corrected chi connectivity index (χ2v) is 11.5. The van der Waals surface area contributed by atoms with Crippen molar-refractivity contribution < 1.29 is 9.50 Å². The fraction of sp³-hybridized carbons (Fsp3) is 0.379. The first-order valence-electron chi connectivity index (χ1n) is 13.4. The number of anilines is 2. The van der Waals surface area contributed by atoms with E-state index in [-0.39, 0.29) is 5.41 Å². The zero-order chi connectivity index (χ0) is 27.1. The van der Waals surface area contributed by atoms with Crippen LogP contribution in [-0.2, 0) is 0 Å². The Kier molecular flexibility index (Phi) is 6.42. The average Bonchev–Trinajstić information content (AvgIpc) is 3.51. The van der Waals surface area contributed by atoms with Gasteiger partial charge in [0.05, 0.1) is 22.9 Å². The van der Waals surface area contributed by atoms with Crippen molar-refractivity contribution in [1.82, 2.24) is 30.1 Å². The lowest BCUT2D eigenvalue weighted by Crippen LogP contribution is -2.30. The highest BCUT2D eigenvalue weighted by Crippen LogP contribution is 2.34. The molecule has 4 aromatic heterocycles. The van der Waals surface area contributed by atoms with Gasteiger partial charge in [0.25, 0.3) is 0 Å². The first kappa shape index (κ1) is 25.2. The maximum atomic E-state index is 15.3. The Hall–Kier alpha value is -4.05. The van der Waals surface area contributed by atoms with Crippen molar-refractivity contribution in [1.29, 1.82) is 0 Å². The van der Waals surface area contributed by atoms with E-state index in [0.717, 1.165) is 48.2 Å². The molecule has 1 aliphatic heterocycles. The van der Waals surface area contributed by atoms with Gasteiger partial charge in [0, 0.05) is 48.1 Å². The number of piperidine rings is 1. The van der Waals surface area contributed by atoms with E-state index in [9.17, 15) is 5.11 Å². The van der Waals surface area contributed by atoms with Crippen LogP contribution in [0.25, 0.3) is 44.6 Å². The molecule has 0 bridgehead atoms.